The van der Waals surface area contributed by atoms with Crippen molar-refractivity contribution in [2.75, 3.05) is 7.11 Å². The van der Waals surface area contributed by atoms with Gasteiger partial charge in [-0.1, -0.05) is 51.4 Å². The van der Waals surface area contributed by atoms with E-state index in [1.165, 1.54) is 36.9 Å². The summed E-state index contributed by atoms with van der Waals surface area (Å²) in [5, 5.41) is 0.791. The van der Waals surface area contributed by atoms with Gasteiger partial charge in [-0.2, -0.15) is 13.2 Å². The van der Waals surface area contributed by atoms with Gasteiger partial charge in [0.1, 0.15) is 39.2 Å². The van der Waals surface area contributed by atoms with Crippen molar-refractivity contribution < 1.29 is 22.6 Å². The number of hydrogen-bond acceptors (Lipinski definition) is 7. The summed E-state index contributed by atoms with van der Waals surface area (Å²) >= 11 is 7.70. The molecule has 0 saturated carbocycles. The average Bonchev–Trinajstić information content (AvgIpc) is 3.44. The van der Waals surface area contributed by atoms with Crippen LogP contribution < -0.4 is 15.0 Å². The largest absolute Gasteiger partial charge is 0.496 e. The third-order valence-electron chi connectivity index (χ3n) is 6.05. The number of methoxy groups -OCH3 is 1. The van der Waals surface area contributed by atoms with Gasteiger partial charge in [0.2, 0.25) is 0 Å². The molecule has 0 N–H and O–H groups in total. The molecular weight excluding hydrogens is 601 g/mol. The number of thiazole rings is 1. The highest BCUT2D eigenvalue weighted by atomic mass is 35.5. The van der Waals surface area contributed by atoms with Gasteiger partial charge in [-0.05, 0) is 37.3 Å². The third-order valence-corrected chi connectivity index (χ3v) is 7.11. The summed E-state index contributed by atoms with van der Waals surface area (Å²) in [7, 11) is 1.46. The molecule has 4 heterocycles. The van der Waals surface area contributed by atoms with E-state index in [0.29, 0.717) is 38.3 Å². The van der Waals surface area contributed by atoms with Gasteiger partial charge in [0.15, 0.2) is 0 Å². The molecule has 0 radical (unpaired) electrons. The lowest BCUT2D eigenvalue weighted by molar-refractivity contribution is -0.138. The molecule has 7 nitrogen and oxygen atoms in total. The summed E-state index contributed by atoms with van der Waals surface area (Å²) in [6.45, 7) is 9.61. The minimum atomic E-state index is -4.77. The number of fused-ring (bicyclic) bond motifs is 1. The number of nitrogens with zero attached hydrogens (tertiary/aromatic N) is 4. The molecule has 228 valence electrons. The lowest BCUT2D eigenvalue weighted by Gasteiger charge is -2.17. The zero-order valence-electron chi connectivity index (χ0n) is 24.6. The van der Waals surface area contributed by atoms with Gasteiger partial charge in [0.05, 0.1) is 30.4 Å². The predicted molar refractivity (Wildman–Crippen MR) is 165 cm³/mol. The number of halogens is 4. The van der Waals surface area contributed by atoms with Crippen molar-refractivity contribution in [1.29, 1.82) is 0 Å². The Morgan fingerprint density at radius 3 is 2.42 bits per heavy atom. The van der Waals surface area contributed by atoms with E-state index in [-0.39, 0.29) is 13.2 Å². The lowest BCUT2D eigenvalue weighted by atomic mass is 10.0. The van der Waals surface area contributed by atoms with Gasteiger partial charge >= 0.3 is 6.18 Å². The Morgan fingerprint density at radius 2 is 1.77 bits per heavy atom. The number of aromatic nitrogens is 4. The second kappa shape index (κ2) is 15.0. The first-order valence-corrected chi connectivity index (χ1v) is 14.8. The van der Waals surface area contributed by atoms with Crippen molar-refractivity contribution in [3.63, 3.8) is 0 Å². The fraction of sp³-hybridized carbons (Fsp3) is 0.290. The summed E-state index contributed by atoms with van der Waals surface area (Å²) in [6.07, 6.45) is -2.02. The van der Waals surface area contributed by atoms with E-state index in [1.54, 1.807) is 17.6 Å². The standard InChI is InChI=1S/C27H20ClF3N4O3S.2C2H6/c1-15-11-17(24-25(28)39-14-33-24)16-5-3-7-22(23(16)34-15)38-13-18-20(32-9-8-21(18)37-2)12-35-10-4-6-19(26(35)36)27(29,30)31;2*1-2/h3-11,14H,12-13H2,1-2H3;2*1-2H3. The zero-order valence-corrected chi connectivity index (χ0v) is 26.2. The number of benzene rings is 1. The molecule has 12 heteroatoms. The molecule has 5 aromatic rings. The summed E-state index contributed by atoms with van der Waals surface area (Å²) < 4.78 is 53.0. The molecule has 43 heavy (non-hydrogen) atoms. The van der Waals surface area contributed by atoms with Crippen molar-refractivity contribution in [3.8, 4) is 22.8 Å². The van der Waals surface area contributed by atoms with E-state index in [2.05, 4.69) is 15.0 Å². The van der Waals surface area contributed by atoms with Crippen molar-refractivity contribution in [2.45, 2.75) is 53.9 Å². The maximum atomic E-state index is 13.3. The predicted octanol–water partition coefficient (Wildman–Crippen LogP) is 8.58. The van der Waals surface area contributed by atoms with E-state index in [0.717, 1.165) is 27.3 Å². The molecule has 0 amide bonds. The van der Waals surface area contributed by atoms with Crippen LogP contribution in [0.2, 0.25) is 4.34 Å². The number of aryl methyl sites for hydroxylation is 1. The minimum Gasteiger partial charge on any atom is -0.496 e. The highest BCUT2D eigenvalue weighted by Gasteiger charge is 2.34. The Kier molecular flexibility index (Phi) is 11.7. The molecule has 0 aliphatic carbocycles. The SMILES string of the molecule is CC.CC.COc1ccnc(Cn2cccc(C(F)(F)F)c2=O)c1COc1cccc2c(-c3ncsc3Cl)cc(C)nc12. The smallest absolute Gasteiger partial charge is 0.421 e. The van der Waals surface area contributed by atoms with Crippen LogP contribution in [0.4, 0.5) is 13.2 Å². The molecule has 0 unspecified atom stereocenters. The van der Waals surface area contributed by atoms with E-state index < -0.39 is 17.3 Å². The maximum absolute atomic E-state index is 13.3. The fourth-order valence-electron chi connectivity index (χ4n) is 4.26. The first-order chi connectivity index (χ1) is 20.7. The van der Waals surface area contributed by atoms with Crippen molar-refractivity contribution in [2.24, 2.45) is 0 Å². The molecule has 0 bridgehead atoms. The van der Waals surface area contributed by atoms with Crippen LogP contribution in [0.1, 0.15) is 50.2 Å². The van der Waals surface area contributed by atoms with Gasteiger partial charge in [-0.3, -0.25) is 9.78 Å². The molecule has 5 rings (SSSR count). The topological polar surface area (TPSA) is 79.1 Å². The Bertz CT molecular complexity index is 1740. The second-order valence-corrected chi connectivity index (χ2v) is 9.97. The van der Waals surface area contributed by atoms with Crippen molar-refractivity contribution in [1.82, 2.24) is 19.5 Å². The van der Waals surface area contributed by atoms with Crippen LogP contribution in [0.5, 0.6) is 11.5 Å². The quantitative estimate of drug-likeness (QED) is 0.179. The molecule has 0 aliphatic rings. The van der Waals surface area contributed by atoms with Crippen LogP contribution in [-0.4, -0.2) is 26.6 Å². The van der Waals surface area contributed by atoms with Gasteiger partial charge in [0.25, 0.3) is 5.56 Å². The molecule has 0 atom stereocenters. The number of hydrogen-bond donors (Lipinski definition) is 0. The molecule has 4 aromatic heterocycles. The maximum Gasteiger partial charge on any atom is 0.421 e. The molecular formula is C31H32ClF3N4O3S. The minimum absolute atomic E-state index is 0.0401. The van der Waals surface area contributed by atoms with Crippen LogP contribution in [0.15, 0.2) is 65.2 Å². The van der Waals surface area contributed by atoms with E-state index >= 15 is 0 Å². The van der Waals surface area contributed by atoms with E-state index in [4.69, 9.17) is 21.1 Å². The first kappa shape index (κ1) is 33.5. The molecule has 1 aromatic carbocycles. The van der Waals surface area contributed by atoms with Crippen LogP contribution in [0.25, 0.3) is 22.2 Å². The summed E-state index contributed by atoms with van der Waals surface area (Å²) in [5.74, 6) is 0.885. The number of pyridine rings is 3. The molecule has 0 saturated heterocycles. The number of rotatable bonds is 7. The van der Waals surface area contributed by atoms with Gasteiger partial charge < -0.3 is 14.0 Å². The van der Waals surface area contributed by atoms with Crippen LogP contribution >= 0.6 is 22.9 Å². The van der Waals surface area contributed by atoms with E-state index in [1.807, 2.05) is 52.8 Å². The van der Waals surface area contributed by atoms with E-state index in [9.17, 15) is 18.0 Å². The van der Waals surface area contributed by atoms with Crippen LogP contribution in [0.3, 0.4) is 0 Å². The molecule has 0 aliphatic heterocycles. The van der Waals surface area contributed by atoms with Crippen LogP contribution in [0, 0.1) is 6.92 Å². The first-order valence-electron chi connectivity index (χ1n) is 13.6. The number of ether oxygens (including phenoxy) is 2. The number of alkyl halides is 3. The molecule has 0 spiro atoms. The summed E-state index contributed by atoms with van der Waals surface area (Å²) in [6, 6.07) is 10.9. The second-order valence-electron chi connectivity index (χ2n) is 8.52. The average molecular weight is 633 g/mol. The van der Waals surface area contributed by atoms with Gasteiger partial charge in [-0.25, -0.2) is 9.97 Å². The Hall–Kier alpha value is -3.96. The Balaban J connectivity index is 0.00000121. The number of para-hydroxylation sites is 1. The van der Waals surface area contributed by atoms with Crippen molar-refractivity contribution >= 4 is 33.8 Å². The highest BCUT2D eigenvalue weighted by Crippen LogP contribution is 2.37. The highest BCUT2D eigenvalue weighted by molar-refractivity contribution is 7.14. The summed E-state index contributed by atoms with van der Waals surface area (Å²) in [5.41, 5.74) is 2.87. The van der Waals surface area contributed by atoms with Gasteiger partial charge in [0, 0.05) is 29.0 Å². The van der Waals surface area contributed by atoms with Crippen LogP contribution in [-0.2, 0) is 19.3 Å². The normalized spacial score (nSPS) is 10.8. The fourth-order valence-corrected chi connectivity index (χ4v) is 5.05. The third kappa shape index (κ3) is 7.52. The Morgan fingerprint density at radius 1 is 1.02 bits per heavy atom. The Labute approximate surface area is 256 Å². The molecule has 0 fully saturated rings. The monoisotopic (exact) mass is 632 g/mol. The summed E-state index contributed by atoms with van der Waals surface area (Å²) in [4.78, 5) is 25.9. The van der Waals surface area contributed by atoms with Crippen molar-refractivity contribution in [3.05, 3.63) is 97.6 Å². The zero-order chi connectivity index (χ0) is 31.7. The van der Waals surface area contributed by atoms with Gasteiger partial charge in [-0.15, -0.1) is 11.3 Å². The lowest BCUT2D eigenvalue weighted by Crippen LogP contribution is -2.28.